The standard InChI is InChI=1S/C17H23ClN2O4/c1-11(2)10-19-17(24)14(7-8-16(22)23)20-15(21)9-12-5-3-4-6-13(12)18/h3-6,11,14H,7-10H2,1-2H3,(H,19,24)(H,20,21)(H,22,23)/t14-/m0/s1. The van der Waals surface area contributed by atoms with Gasteiger partial charge < -0.3 is 15.7 Å². The minimum absolute atomic E-state index is 0.0285. The first-order chi connectivity index (χ1) is 11.3. The van der Waals surface area contributed by atoms with Crippen LogP contribution in [0.4, 0.5) is 0 Å². The van der Waals surface area contributed by atoms with Gasteiger partial charge in [0.1, 0.15) is 6.04 Å². The lowest BCUT2D eigenvalue weighted by Crippen LogP contribution is -2.48. The molecule has 0 saturated carbocycles. The van der Waals surface area contributed by atoms with Gasteiger partial charge in [0.15, 0.2) is 0 Å². The maximum absolute atomic E-state index is 12.2. The van der Waals surface area contributed by atoms with E-state index in [1.165, 1.54) is 0 Å². The Morgan fingerprint density at radius 2 is 1.88 bits per heavy atom. The summed E-state index contributed by atoms with van der Waals surface area (Å²) >= 11 is 6.02. The Labute approximate surface area is 146 Å². The van der Waals surface area contributed by atoms with E-state index >= 15 is 0 Å². The fraction of sp³-hybridized carbons (Fsp3) is 0.471. The number of nitrogens with one attached hydrogen (secondary N) is 2. The molecule has 0 aromatic heterocycles. The molecule has 1 atom stereocenters. The highest BCUT2D eigenvalue weighted by atomic mass is 35.5. The van der Waals surface area contributed by atoms with E-state index in [1.54, 1.807) is 24.3 Å². The number of carbonyl (C=O) groups excluding carboxylic acids is 2. The summed E-state index contributed by atoms with van der Waals surface area (Å²) in [7, 11) is 0. The number of hydrogen-bond donors (Lipinski definition) is 3. The van der Waals surface area contributed by atoms with E-state index in [0.717, 1.165) is 0 Å². The molecule has 0 bridgehead atoms. The van der Waals surface area contributed by atoms with Crippen LogP contribution in [0.3, 0.4) is 0 Å². The van der Waals surface area contributed by atoms with Gasteiger partial charge in [0, 0.05) is 18.0 Å². The van der Waals surface area contributed by atoms with E-state index in [2.05, 4.69) is 10.6 Å². The van der Waals surface area contributed by atoms with Gasteiger partial charge in [-0.15, -0.1) is 0 Å². The number of hydrogen-bond acceptors (Lipinski definition) is 3. The number of carbonyl (C=O) groups is 3. The minimum Gasteiger partial charge on any atom is -0.481 e. The van der Waals surface area contributed by atoms with Gasteiger partial charge in [0.25, 0.3) is 0 Å². The van der Waals surface area contributed by atoms with Crippen molar-refractivity contribution in [2.75, 3.05) is 6.54 Å². The van der Waals surface area contributed by atoms with Crippen molar-refractivity contribution in [2.45, 2.75) is 39.2 Å². The molecule has 7 heteroatoms. The Morgan fingerprint density at radius 1 is 1.21 bits per heavy atom. The van der Waals surface area contributed by atoms with Crippen LogP contribution in [0.1, 0.15) is 32.3 Å². The number of carboxylic acids is 1. The number of benzene rings is 1. The van der Waals surface area contributed by atoms with Crippen LogP contribution in [0.15, 0.2) is 24.3 Å². The molecular weight excluding hydrogens is 332 g/mol. The van der Waals surface area contributed by atoms with Crippen molar-refractivity contribution >= 4 is 29.4 Å². The second-order valence-electron chi connectivity index (χ2n) is 5.96. The van der Waals surface area contributed by atoms with Crippen molar-refractivity contribution < 1.29 is 19.5 Å². The Hall–Kier alpha value is -2.08. The van der Waals surface area contributed by atoms with E-state index in [9.17, 15) is 14.4 Å². The molecule has 0 saturated heterocycles. The van der Waals surface area contributed by atoms with Gasteiger partial charge in [-0.25, -0.2) is 0 Å². The van der Waals surface area contributed by atoms with Crippen LogP contribution in [-0.4, -0.2) is 35.5 Å². The predicted octanol–water partition coefficient (Wildman–Crippen LogP) is 2.00. The third-order valence-corrected chi connectivity index (χ3v) is 3.66. The number of aliphatic carboxylic acids is 1. The summed E-state index contributed by atoms with van der Waals surface area (Å²) in [6.45, 7) is 4.35. The summed E-state index contributed by atoms with van der Waals surface area (Å²) in [6.07, 6.45) is -0.139. The second kappa shape index (κ2) is 9.93. The molecule has 1 rings (SSSR count). The van der Waals surface area contributed by atoms with Gasteiger partial charge >= 0.3 is 5.97 Å². The third-order valence-electron chi connectivity index (χ3n) is 3.29. The van der Waals surface area contributed by atoms with E-state index in [0.29, 0.717) is 17.1 Å². The molecule has 0 heterocycles. The van der Waals surface area contributed by atoms with E-state index in [1.807, 2.05) is 13.8 Å². The number of carboxylic acid groups (broad SMARTS) is 1. The fourth-order valence-electron chi connectivity index (χ4n) is 2.02. The van der Waals surface area contributed by atoms with E-state index in [-0.39, 0.29) is 37.0 Å². The highest BCUT2D eigenvalue weighted by Crippen LogP contribution is 2.15. The minimum atomic E-state index is -1.02. The van der Waals surface area contributed by atoms with Crippen LogP contribution in [0.25, 0.3) is 0 Å². The largest absolute Gasteiger partial charge is 0.481 e. The normalized spacial score (nSPS) is 11.8. The molecule has 24 heavy (non-hydrogen) atoms. The molecule has 1 aromatic carbocycles. The Bertz CT molecular complexity index is 590. The molecule has 2 amide bonds. The summed E-state index contributed by atoms with van der Waals surface area (Å²) in [6, 6.07) is 6.06. The number of amides is 2. The van der Waals surface area contributed by atoms with Crippen LogP contribution in [0.5, 0.6) is 0 Å². The molecule has 0 unspecified atom stereocenters. The van der Waals surface area contributed by atoms with Gasteiger partial charge in [-0.1, -0.05) is 43.6 Å². The first-order valence-corrected chi connectivity index (χ1v) is 8.19. The van der Waals surface area contributed by atoms with Crippen molar-refractivity contribution in [1.82, 2.24) is 10.6 Å². The lowest BCUT2D eigenvalue weighted by Gasteiger charge is -2.19. The fourth-order valence-corrected chi connectivity index (χ4v) is 2.23. The Morgan fingerprint density at radius 3 is 2.46 bits per heavy atom. The molecule has 0 radical (unpaired) electrons. The highest BCUT2D eigenvalue weighted by Gasteiger charge is 2.22. The molecule has 132 valence electrons. The molecule has 6 nitrogen and oxygen atoms in total. The summed E-state index contributed by atoms with van der Waals surface area (Å²) in [4.78, 5) is 35.1. The Kier molecular flexibility index (Phi) is 8.26. The molecule has 0 spiro atoms. The quantitative estimate of drug-likeness (QED) is 0.632. The number of halogens is 1. The molecule has 0 aliphatic carbocycles. The predicted molar refractivity (Wildman–Crippen MR) is 91.8 cm³/mol. The molecule has 0 aliphatic rings. The smallest absolute Gasteiger partial charge is 0.303 e. The zero-order valence-corrected chi connectivity index (χ0v) is 14.6. The monoisotopic (exact) mass is 354 g/mol. The van der Waals surface area contributed by atoms with Gasteiger partial charge in [0.05, 0.1) is 6.42 Å². The average Bonchev–Trinajstić information content (AvgIpc) is 2.51. The van der Waals surface area contributed by atoms with E-state index < -0.39 is 12.0 Å². The average molecular weight is 355 g/mol. The van der Waals surface area contributed by atoms with Crippen LogP contribution in [0.2, 0.25) is 5.02 Å². The maximum atomic E-state index is 12.2. The molecule has 3 N–H and O–H groups in total. The molecule has 0 aliphatic heterocycles. The summed E-state index contributed by atoms with van der Waals surface area (Å²) < 4.78 is 0. The second-order valence-corrected chi connectivity index (χ2v) is 6.37. The molecule has 1 aromatic rings. The van der Waals surface area contributed by atoms with Crippen molar-refractivity contribution in [3.8, 4) is 0 Å². The maximum Gasteiger partial charge on any atom is 0.303 e. The zero-order chi connectivity index (χ0) is 18.1. The van der Waals surface area contributed by atoms with Crippen LogP contribution in [0, 0.1) is 5.92 Å². The zero-order valence-electron chi connectivity index (χ0n) is 13.8. The lowest BCUT2D eigenvalue weighted by atomic mass is 10.1. The van der Waals surface area contributed by atoms with Crippen molar-refractivity contribution in [3.63, 3.8) is 0 Å². The van der Waals surface area contributed by atoms with Crippen LogP contribution >= 0.6 is 11.6 Å². The van der Waals surface area contributed by atoms with Gasteiger partial charge in [0.2, 0.25) is 11.8 Å². The van der Waals surface area contributed by atoms with Crippen LogP contribution < -0.4 is 10.6 Å². The first-order valence-electron chi connectivity index (χ1n) is 7.82. The van der Waals surface area contributed by atoms with E-state index in [4.69, 9.17) is 16.7 Å². The van der Waals surface area contributed by atoms with Crippen molar-refractivity contribution in [2.24, 2.45) is 5.92 Å². The third kappa shape index (κ3) is 7.46. The van der Waals surface area contributed by atoms with Gasteiger partial charge in [-0.2, -0.15) is 0 Å². The highest BCUT2D eigenvalue weighted by molar-refractivity contribution is 6.31. The summed E-state index contributed by atoms with van der Waals surface area (Å²) in [5.41, 5.74) is 0.649. The number of rotatable bonds is 9. The van der Waals surface area contributed by atoms with Crippen LogP contribution in [-0.2, 0) is 20.8 Å². The summed E-state index contributed by atoms with van der Waals surface area (Å²) in [5.74, 6) is -1.51. The SMILES string of the molecule is CC(C)CNC(=O)[C@H](CCC(=O)O)NC(=O)Cc1ccccc1Cl. The summed E-state index contributed by atoms with van der Waals surface area (Å²) in [5, 5.41) is 14.6. The topological polar surface area (TPSA) is 95.5 Å². The van der Waals surface area contributed by atoms with Crippen molar-refractivity contribution in [3.05, 3.63) is 34.9 Å². The van der Waals surface area contributed by atoms with Crippen molar-refractivity contribution in [1.29, 1.82) is 0 Å². The van der Waals surface area contributed by atoms with Gasteiger partial charge in [-0.05, 0) is 24.0 Å². The lowest BCUT2D eigenvalue weighted by molar-refractivity contribution is -0.138. The first kappa shape index (κ1) is 20.0. The van der Waals surface area contributed by atoms with Gasteiger partial charge in [-0.3, -0.25) is 14.4 Å². The molecular formula is C17H23ClN2O4. The molecule has 0 fully saturated rings. The Balaban J connectivity index is 2.68.